The van der Waals surface area contributed by atoms with Gasteiger partial charge in [0.05, 0.1) is 11.2 Å². The van der Waals surface area contributed by atoms with E-state index in [0.29, 0.717) is 35.2 Å². The van der Waals surface area contributed by atoms with Crippen molar-refractivity contribution >= 4 is 23.3 Å². The minimum atomic E-state index is 0.217. The van der Waals surface area contributed by atoms with Crippen LogP contribution in [0, 0.1) is 0 Å². The molecule has 4 aromatic rings. The van der Waals surface area contributed by atoms with E-state index in [0.717, 1.165) is 11.3 Å². The lowest BCUT2D eigenvalue weighted by atomic mass is 10.1. The molecule has 0 unspecified atom stereocenters. The van der Waals surface area contributed by atoms with Gasteiger partial charge in [0.2, 0.25) is 5.95 Å². The highest BCUT2D eigenvalue weighted by molar-refractivity contribution is 5.81. The van der Waals surface area contributed by atoms with E-state index in [1.807, 2.05) is 36.4 Å². The summed E-state index contributed by atoms with van der Waals surface area (Å²) in [5.41, 5.74) is 9.65. The molecule has 0 aliphatic heterocycles. The van der Waals surface area contributed by atoms with Crippen LogP contribution in [0.2, 0.25) is 0 Å². The maximum absolute atomic E-state index is 10.8. The highest BCUT2D eigenvalue weighted by Crippen LogP contribution is 2.24. The smallest absolute Gasteiger partial charge is 0.220 e. The van der Waals surface area contributed by atoms with Crippen molar-refractivity contribution in [2.75, 3.05) is 5.73 Å². The van der Waals surface area contributed by atoms with Crippen molar-refractivity contribution in [2.24, 2.45) is 0 Å². The number of aromatic nitrogens is 3. The largest absolute Gasteiger partial charge is 0.452 e. The van der Waals surface area contributed by atoms with Crippen molar-refractivity contribution in [3.63, 3.8) is 0 Å². The van der Waals surface area contributed by atoms with Gasteiger partial charge in [-0.15, -0.1) is 0 Å². The maximum atomic E-state index is 10.8. The quantitative estimate of drug-likeness (QED) is 0.577. The molecule has 4 rings (SSSR count). The first kappa shape index (κ1) is 15.0. The zero-order valence-electron chi connectivity index (χ0n) is 13.2. The Labute approximate surface area is 143 Å². The first-order chi connectivity index (χ1) is 12.2. The molecule has 0 bridgehead atoms. The van der Waals surface area contributed by atoms with Crippen LogP contribution in [0.5, 0.6) is 0 Å². The SMILES string of the molecule is Nc1nc(Cc2ccccc2)c2nc(-c3ccc(C=O)o3)ccc2n1. The number of fused-ring (bicyclic) bond motifs is 1. The number of rotatable bonds is 4. The highest BCUT2D eigenvalue weighted by Gasteiger charge is 2.12. The lowest BCUT2D eigenvalue weighted by molar-refractivity contribution is 0.110. The van der Waals surface area contributed by atoms with Gasteiger partial charge in [0.25, 0.3) is 0 Å². The lowest BCUT2D eigenvalue weighted by Gasteiger charge is -2.07. The second-order valence-electron chi connectivity index (χ2n) is 5.57. The van der Waals surface area contributed by atoms with E-state index in [1.165, 1.54) is 0 Å². The van der Waals surface area contributed by atoms with Crippen molar-refractivity contribution in [3.05, 3.63) is 71.6 Å². The fourth-order valence-electron chi connectivity index (χ4n) is 2.70. The molecule has 0 fully saturated rings. The van der Waals surface area contributed by atoms with E-state index < -0.39 is 0 Å². The molecule has 0 spiro atoms. The molecule has 6 nitrogen and oxygen atoms in total. The van der Waals surface area contributed by atoms with Crippen LogP contribution in [0.15, 0.2) is 59.0 Å². The Balaban J connectivity index is 1.83. The first-order valence-electron chi connectivity index (χ1n) is 7.75. The summed E-state index contributed by atoms with van der Waals surface area (Å²) in [7, 11) is 0. The monoisotopic (exact) mass is 330 g/mol. The minimum absolute atomic E-state index is 0.217. The number of hydrogen-bond acceptors (Lipinski definition) is 6. The Morgan fingerprint density at radius 2 is 1.80 bits per heavy atom. The van der Waals surface area contributed by atoms with Crippen LogP contribution in [-0.4, -0.2) is 21.2 Å². The summed E-state index contributed by atoms with van der Waals surface area (Å²) in [5.74, 6) is 0.996. The number of nitrogens with zero attached hydrogens (tertiary/aromatic N) is 3. The second-order valence-corrected chi connectivity index (χ2v) is 5.57. The van der Waals surface area contributed by atoms with Crippen molar-refractivity contribution < 1.29 is 9.21 Å². The van der Waals surface area contributed by atoms with Gasteiger partial charge in [-0.25, -0.2) is 15.0 Å². The maximum Gasteiger partial charge on any atom is 0.220 e. The van der Waals surface area contributed by atoms with E-state index in [2.05, 4.69) is 15.0 Å². The summed E-state index contributed by atoms with van der Waals surface area (Å²) in [6, 6.07) is 16.9. The zero-order valence-corrected chi connectivity index (χ0v) is 13.2. The van der Waals surface area contributed by atoms with Gasteiger partial charge in [-0.2, -0.15) is 0 Å². The molecule has 0 saturated carbocycles. The number of carbonyl (C=O) groups excluding carboxylic acids is 1. The summed E-state index contributed by atoms with van der Waals surface area (Å²) in [6.07, 6.45) is 1.26. The molecule has 0 radical (unpaired) electrons. The van der Waals surface area contributed by atoms with Crippen LogP contribution in [0.3, 0.4) is 0 Å². The molecule has 0 amide bonds. The van der Waals surface area contributed by atoms with Crippen LogP contribution >= 0.6 is 0 Å². The van der Waals surface area contributed by atoms with Gasteiger partial charge in [0, 0.05) is 6.42 Å². The lowest BCUT2D eigenvalue weighted by Crippen LogP contribution is -2.03. The standard InChI is InChI=1S/C19H14N4O2/c20-19-22-15-8-7-14(17-9-6-13(11-24)25-17)21-18(15)16(23-19)10-12-4-2-1-3-5-12/h1-9,11H,10H2,(H2,20,22,23). The average molecular weight is 330 g/mol. The number of benzene rings is 1. The van der Waals surface area contributed by atoms with Crippen LogP contribution < -0.4 is 5.73 Å². The third-order valence-corrected chi connectivity index (χ3v) is 3.84. The number of nitrogens with two attached hydrogens (primary N) is 1. The molecule has 2 N–H and O–H groups in total. The Morgan fingerprint density at radius 3 is 2.56 bits per heavy atom. The van der Waals surface area contributed by atoms with E-state index in [4.69, 9.17) is 10.2 Å². The molecule has 3 heterocycles. The molecule has 25 heavy (non-hydrogen) atoms. The molecule has 122 valence electrons. The van der Waals surface area contributed by atoms with Gasteiger partial charge >= 0.3 is 0 Å². The number of hydrogen-bond donors (Lipinski definition) is 1. The molecule has 3 aromatic heterocycles. The summed E-state index contributed by atoms with van der Waals surface area (Å²) in [4.78, 5) is 24.1. The fraction of sp³-hybridized carbons (Fsp3) is 0.0526. The number of nitrogen functional groups attached to an aromatic ring is 1. The van der Waals surface area contributed by atoms with E-state index >= 15 is 0 Å². The number of pyridine rings is 1. The molecule has 0 aliphatic carbocycles. The zero-order chi connectivity index (χ0) is 17.2. The number of anilines is 1. The van der Waals surface area contributed by atoms with Crippen LogP contribution in [0.25, 0.3) is 22.5 Å². The Hall–Kier alpha value is -3.54. The van der Waals surface area contributed by atoms with Gasteiger partial charge in [0.15, 0.2) is 17.8 Å². The molecule has 1 aromatic carbocycles. The van der Waals surface area contributed by atoms with Crippen LogP contribution in [0.1, 0.15) is 21.8 Å². The molecule has 0 atom stereocenters. The van der Waals surface area contributed by atoms with E-state index in [1.54, 1.807) is 18.2 Å². The van der Waals surface area contributed by atoms with Gasteiger partial charge in [-0.1, -0.05) is 30.3 Å². The predicted octanol–water partition coefficient (Wildman–Crippen LogP) is 3.27. The summed E-state index contributed by atoms with van der Waals surface area (Å²) >= 11 is 0. The molecular formula is C19H14N4O2. The predicted molar refractivity (Wildman–Crippen MR) is 94.1 cm³/mol. The van der Waals surface area contributed by atoms with Crippen molar-refractivity contribution in [2.45, 2.75) is 6.42 Å². The topological polar surface area (TPSA) is 94.9 Å². The molecule has 0 aliphatic rings. The summed E-state index contributed by atoms with van der Waals surface area (Å²) in [6.45, 7) is 0. The van der Waals surface area contributed by atoms with Crippen LogP contribution in [0.4, 0.5) is 5.95 Å². The molecule has 0 saturated heterocycles. The fourth-order valence-corrected chi connectivity index (χ4v) is 2.70. The van der Waals surface area contributed by atoms with Crippen molar-refractivity contribution in [1.82, 2.24) is 15.0 Å². The average Bonchev–Trinajstić information content (AvgIpc) is 3.11. The number of furan rings is 1. The van der Waals surface area contributed by atoms with Gasteiger partial charge in [-0.05, 0) is 29.8 Å². The first-order valence-corrected chi connectivity index (χ1v) is 7.75. The Kier molecular flexibility index (Phi) is 3.70. The Morgan fingerprint density at radius 1 is 0.960 bits per heavy atom. The van der Waals surface area contributed by atoms with E-state index in [-0.39, 0.29) is 11.7 Å². The van der Waals surface area contributed by atoms with Crippen LogP contribution in [-0.2, 0) is 6.42 Å². The van der Waals surface area contributed by atoms with E-state index in [9.17, 15) is 4.79 Å². The highest BCUT2D eigenvalue weighted by atomic mass is 16.3. The number of carbonyl (C=O) groups is 1. The molecular weight excluding hydrogens is 316 g/mol. The number of aldehydes is 1. The Bertz CT molecular complexity index is 1060. The van der Waals surface area contributed by atoms with Gasteiger partial charge in [0.1, 0.15) is 11.2 Å². The summed E-state index contributed by atoms with van der Waals surface area (Å²) in [5, 5.41) is 0. The molecule has 6 heteroatoms. The van der Waals surface area contributed by atoms with Gasteiger partial charge in [-0.3, -0.25) is 4.79 Å². The summed E-state index contributed by atoms with van der Waals surface area (Å²) < 4.78 is 5.45. The minimum Gasteiger partial charge on any atom is -0.452 e. The third kappa shape index (κ3) is 2.97. The second kappa shape index (κ2) is 6.16. The van der Waals surface area contributed by atoms with Crippen molar-refractivity contribution in [1.29, 1.82) is 0 Å². The van der Waals surface area contributed by atoms with Crippen molar-refractivity contribution in [3.8, 4) is 11.5 Å². The van der Waals surface area contributed by atoms with Gasteiger partial charge < -0.3 is 10.2 Å². The normalized spacial score (nSPS) is 10.9. The third-order valence-electron chi connectivity index (χ3n) is 3.84.